The molecule has 39 heavy (non-hydrogen) atoms. The van der Waals surface area contributed by atoms with Crippen LogP contribution in [0.15, 0.2) is 77.2 Å². The summed E-state index contributed by atoms with van der Waals surface area (Å²) >= 11 is 0. The van der Waals surface area contributed by atoms with Gasteiger partial charge in [-0.15, -0.1) is 0 Å². The van der Waals surface area contributed by atoms with Crippen molar-refractivity contribution in [2.24, 2.45) is 0 Å². The zero-order valence-corrected chi connectivity index (χ0v) is 22.9. The van der Waals surface area contributed by atoms with Crippen molar-refractivity contribution < 1.29 is 14.3 Å². The van der Waals surface area contributed by atoms with E-state index < -0.39 is 0 Å². The monoisotopic (exact) mass is 522 g/mol. The van der Waals surface area contributed by atoms with E-state index in [2.05, 4.69) is 18.0 Å². The third-order valence-corrected chi connectivity index (χ3v) is 7.27. The molecular weight excluding hydrogens is 484 g/mol. The van der Waals surface area contributed by atoms with Crippen molar-refractivity contribution in [3.05, 3.63) is 72.8 Å². The van der Waals surface area contributed by atoms with Gasteiger partial charge in [-0.1, -0.05) is 107 Å². The summed E-state index contributed by atoms with van der Waals surface area (Å²) in [6.07, 6.45) is 12.8. The minimum Gasteiger partial charge on any atom is -0.507 e. The Balaban J connectivity index is 1.33. The maximum atomic E-state index is 10.5. The molecule has 0 radical (unpaired) electrons. The van der Waals surface area contributed by atoms with E-state index in [0.29, 0.717) is 23.9 Å². The summed E-state index contributed by atoms with van der Waals surface area (Å²) in [5, 5.41) is 12.6. The van der Waals surface area contributed by atoms with Gasteiger partial charge in [-0.3, -0.25) is 0 Å². The summed E-state index contributed by atoms with van der Waals surface area (Å²) in [4.78, 5) is 9.57. The number of phenolic OH excluding ortho intramolecular Hbond substituents is 1. The summed E-state index contributed by atoms with van der Waals surface area (Å²) in [6, 6.07) is 23.1. The lowest BCUT2D eigenvalue weighted by Gasteiger charge is -2.11. The molecule has 0 unspecified atom stereocenters. The quantitative estimate of drug-likeness (QED) is 0.147. The van der Waals surface area contributed by atoms with Crippen LogP contribution in [0.5, 0.6) is 11.6 Å². The average Bonchev–Trinajstić information content (AvgIpc) is 3.35. The largest absolute Gasteiger partial charge is 0.507 e. The van der Waals surface area contributed by atoms with Crippen molar-refractivity contribution in [3.63, 3.8) is 0 Å². The average molecular weight is 523 g/mol. The first-order chi connectivity index (χ1) is 19.2. The van der Waals surface area contributed by atoms with Gasteiger partial charge >= 0.3 is 0 Å². The van der Waals surface area contributed by atoms with Gasteiger partial charge in [0.05, 0.1) is 17.9 Å². The topological polar surface area (TPSA) is 68.4 Å². The van der Waals surface area contributed by atoms with Crippen LogP contribution in [-0.2, 0) is 0 Å². The molecule has 0 saturated heterocycles. The molecule has 2 aromatic heterocycles. The predicted octanol–water partition coefficient (Wildman–Crippen LogP) is 9.72. The third-order valence-electron chi connectivity index (χ3n) is 7.27. The van der Waals surface area contributed by atoms with Crippen LogP contribution in [0.3, 0.4) is 0 Å². The van der Waals surface area contributed by atoms with Crippen molar-refractivity contribution in [3.8, 4) is 34.3 Å². The number of ether oxygens (including phenoxy) is 1. The highest BCUT2D eigenvalue weighted by atomic mass is 16.5. The second-order valence-corrected chi connectivity index (χ2v) is 10.2. The van der Waals surface area contributed by atoms with E-state index in [0.717, 1.165) is 46.0 Å². The number of phenols is 1. The minimum absolute atomic E-state index is 0.141. The Morgan fingerprint density at radius 1 is 0.692 bits per heavy atom. The molecule has 5 nitrogen and oxygen atoms in total. The molecule has 202 valence electrons. The number of para-hydroxylation sites is 2. The van der Waals surface area contributed by atoms with Gasteiger partial charge in [0, 0.05) is 22.4 Å². The highest BCUT2D eigenvalue weighted by Gasteiger charge is 2.17. The number of nitrogens with zero attached hydrogens (tertiary/aromatic N) is 2. The molecule has 0 fully saturated rings. The zero-order chi connectivity index (χ0) is 26.9. The molecule has 0 aliphatic heterocycles. The van der Waals surface area contributed by atoms with Crippen molar-refractivity contribution in [2.75, 3.05) is 6.61 Å². The molecule has 0 atom stereocenters. The highest BCUT2D eigenvalue weighted by Crippen LogP contribution is 2.38. The van der Waals surface area contributed by atoms with Crippen LogP contribution >= 0.6 is 0 Å². The molecule has 0 spiro atoms. The fraction of sp³-hybridized carbons (Fsp3) is 0.353. The van der Waals surface area contributed by atoms with Gasteiger partial charge in [0.1, 0.15) is 16.9 Å². The summed E-state index contributed by atoms with van der Waals surface area (Å²) in [5.74, 6) is 1.09. The number of fused-ring (bicyclic) bond motifs is 3. The lowest BCUT2D eigenvalue weighted by Crippen LogP contribution is -2.02. The minimum atomic E-state index is 0.141. The molecule has 5 aromatic rings. The first-order valence-electron chi connectivity index (χ1n) is 14.5. The van der Waals surface area contributed by atoms with Crippen molar-refractivity contribution in [1.82, 2.24) is 9.97 Å². The molecule has 3 aromatic carbocycles. The van der Waals surface area contributed by atoms with Crippen LogP contribution in [0.2, 0.25) is 0 Å². The first-order valence-corrected chi connectivity index (χ1v) is 14.5. The third kappa shape index (κ3) is 6.59. The summed E-state index contributed by atoms with van der Waals surface area (Å²) in [7, 11) is 0. The lowest BCUT2D eigenvalue weighted by molar-refractivity contribution is 0.293. The zero-order valence-electron chi connectivity index (χ0n) is 22.9. The van der Waals surface area contributed by atoms with Gasteiger partial charge in [0.15, 0.2) is 5.82 Å². The van der Waals surface area contributed by atoms with Crippen LogP contribution in [0.1, 0.15) is 71.1 Å². The van der Waals surface area contributed by atoms with Crippen LogP contribution in [-0.4, -0.2) is 21.7 Å². The van der Waals surface area contributed by atoms with Gasteiger partial charge in [-0.05, 0) is 30.7 Å². The SMILES string of the molecule is CCCCCCCCCCCCOc1cc(-c2cccc3oc4ccccc4c23)nc(-c2ccccc2O)n1. The molecule has 1 N–H and O–H groups in total. The molecule has 0 amide bonds. The Morgan fingerprint density at radius 3 is 2.15 bits per heavy atom. The number of aromatic nitrogens is 2. The van der Waals surface area contributed by atoms with E-state index in [9.17, 15) is 5.11 Å². The number of benzene rings is 3. The van der Waals surface area contributed by atoms with Crippen LogP contribution in [0.4, 0.5) is 0 Å². The van der Waals surface area contributed by atoms with Crippen LogP contribution < -0.4 is 4.74 Å². The second kappa shape index (κ2) is 13.3. The molecule has 2 heterocycles. The molecule has 0 aliphatic carbocycles. The van der Waals surface area contributed by atoms with Gasteiger partial charge in [0.2, 0.25) is 5.88 Å². The van der Waals surface area contributed by atoms with Crippen molar-refractivity contribution in [2.45, 2.75) is 71.1 Å². The Kier molecular flexibility index (Phi) is 9.10. The molecule has 0 aliphatic rings. The maximum Gasteiger partial charge on any atom is 0.217 e. The fourth-order valence-corrected chi connectivity index (χ4v) is 5.17. The van der Waals surface area contributed by atoms with Crippen molar-refractivity contribution in [1.29, 1.82) is 0 Å². The Morgan fingerprint density at radius 2 is 1.36 bits per heavy atom. The van der Waals surface area contributed by atoms with Crippen molar-refractivity contribution >= 4 is 21.9 Å². The predicted molar refractivity (Wildman–Crippen MR) is 159 cm³/mol. The Hall–Kier alpha value is -3.86. The molecule has 5 heteroatoms. The molecular formula is C34H38N2O3. The van der Waals surface area contributed by atoms with Crippen LogP contribution in [0, 0.1) is 0 Å². The smallest absolute Gasteiger partial charge is 0.217 e. The summed E-state index contributed by atoms with van der Waals surface area (Å²) < 4.78 is 12.3. The van der Waals surface area contributed by atoms with Gasteiger partial charge < -0.3 is 14.3 Å². The Bertz CT molecular complexity index is 1510. The first kappa shape index (κ1) is 26.7. The number of unbranched alkanes of at least 4 members (excludes halogenated alkanes) is 9. The van der Waals surface area contributed by atoms with Gasteiger partial charge in [-0.2, -0.15) is 4.98 Å². The van der Waals surface area contributed by atoms with E-state index >= 15 is 0 Å². The van der Waals surface area contributed by atoms with E-state index in [4.69, 9.17) is 14.1 Å². The fourth-order valence-electron chi connectivity index (χ4n) is 5.17. The molecule has 0 bridgehead atoms. The number of aromatic hydroxyl groups is 1. The maximum absolute atomic E-state index is 10.5. The van der Waals surface area contributed by atoms with E-state index in [1.807, 2.05) is 54.6 Å². The number of hydrogen-bond donors (Lipinski definition) is 1. The van der Waals surface area contributed by atoms with E-state index in [1.165, 1.54) is 51.4 Å². The summed E-state index contributed by atoms with van der Waals surface area (Å²) in [5.41, 5.74) is 3.91. The second-order valence-electron chi connectivity index (χ2n) is 10.2. The normalized spacial score (nSPS) is 11.4. The highest BCUT2D eigenvalue weighted by molar-refractivity contribution is 6.12. The molecule has 0 saturated carbocycles. The standard InChI is InChI=1S/C34H38N2O3/c1-2-3-4-5-6-7-8-9-10-15-23-38-32-24-28(35-34(36-32)26-17-11-13-20-29(26)37)25-19-16-22-31-33(25)27-18-12-14-21-30(27)39-31/h11-14,16-22,24,37H,2-10,15,23H2,1H3. The molecule has 5 rings (SSSR count). The van der Waals surface area contributed by atoms with Gasteiger partial charge in [-0.25, -0.2) is 4.98 Å². The lowest BCUT2D eigenvalue weighted by atomic mass is 10.0. The Labute approximate surface area is 230 Å². The van der Waals surface area contributed by atoms with Gasteiger partial charge in [0.25, 0.3) is 0 Å². The van der Waals surface area contributed by atoms with Crippen LogP contribution in [0.25, 0.3) is 44.6 Å². The van der Waals surface area contributed by atoms with E-state index in [1.54, 1.807) is 12.1 Å². The number of hydrogen-bond acceptors (Lipinski definition) is 5. The number of furan rings is 1. The van der Waals surface area contributed by atoms with E-state index in [-0.39, 0.29) is 5.75 Å². The summed E-state index contributed by atoms with van der Waals surface area (Å²) in [6.45, 7) is 2.87. The number of rotatable bonds is 14.